The first-order valence-electron chi connectivity index (χ1n) is 8.12. The number of nitrogens with one attached hydrogen (secondary N) is 1. The maximum atomic E-state index is 12.9. The number of phenolic OH excluding ortho intramolecular Hbond substituents is 1. The second-order valence-corrected chi connectivity index (χ2v) is 5.79. The van der Waals surface area contributed by atoms with Gasteiger partial charge in [0.1, 0.15) is 5.75 Å². The van der Waals surface area contributed by atoms with Gasteiger partial charge in [-0.2, -0.15) is 0 Å². The van der Waals surface area contributed by atoms with Crippen LogP contribution in [0.5, 0.6) is 5.75 Å². The van der Waals surface area contributed by atoms with Crippen molar-refractivity contribution in [3.63, 3.8) is 0 Å². The van der Waals surface area contributed by atoms with Crippen molar-refractivity contribution in [3.8, 4) is 17.1 Å². The van der Waals surface area contributed by atoms with Gasteiger partial charge < -0.3 is 10.4 Å². The number of aromatic nitrogens is 2. The number of hydrogen-bond donors (Lipinski definition) is 2. The molecule has 0 saturated heterocycles. The van der Waals surface area contributed by atoms with E-state index in [1.165, 1.54) is 12.1 Å². The number of para-hydroxylation sites is 1. The Kier molecular flexibility index (Phi) is 4.03. The Balaban J connectivity index is 1.79. The van der Waals surface area contributed by atoms with Crippen LogP contribution >= 0.6 is 0 Å². The van der Waals surface area contributed by atoms with E-state index in [4.69, 9.17) is 0 Å². The Labute approximate surface area is 150 Å². The van der Waals surface area contributed by atoms with Gasteiger partial charge in [-0.3, -0.25) is 9.78 Å². The molecule has 2 heterocycles. The van der Waals surface area contributed by atoms with Gasteiger partial charge in [0.2, 0.25) is 0 Å². The summed E-state index contributed by atoms with van der Waals surface area (Å²) in [5.41, 5.74) is 3.20. The molecule has 0 bridgehead atoms. The van der Waals surface area contributed by atoms with Crippen molar-refractivity contribution < 1.29 is 9.90 Å². The fourth-order valence-corrected chi connectivity index (χ4v) is 2.75. The number of carbonyl (C=O) groups excluding carboxylic acids is 1. The van der Waals surface area contributed by atoms with Gasteiger partial charge in [0.15, 0.2) is 0 Å². The van der Waals surface area contributed by atoms with E-state index >= 15 is 0 Å². The molecule has 4 rings (SSSR count). The highest BCUT2D eigenvalue weighted by atomic mass is 16.3. The largest absolute Gasteiger partial charge is 0.508 e. The molecule has 0 radical (unpaired) electrons. The van der Waals surface area contributed by atoms with E-state index in [0.717, 1.165) is 10.9 Å². The number of benzene rings is 2. The molecule has 0 spiro atoms. The summed E-state index contributed by atoms with van der Waals surface area (Å²) in [6, 6.07) is 21.2. The second kappa shape index (κ2) is 6.64. The number of pyridine rings is 2. The highest BCUT2D eigenvalue weighted by molar-refractivity contribution is 6.13. The molecular weight excluding hydrogens is 326 g/mol. The Morgan fingerprint density at radius 1 is 0.885 bits per heavy atom. The molecule has 0 aliphatic rings. The highest BCUT2D eigenvalue weighted by Crippen LogP contribution is 2.25. The predicted octanol–water partition coefficient (Wildman–Crippen LogP) is 4.25. The summed E-state index contributed by atoms with van der Waals surface area (Å²) in [4.78, 5) is 21.8. The minimum absolute atomic E-state index is 0.148. The zero-order valence-electron chi connectivity index (χ0n) is 13.8. The number of rotatable bonds is 3. The summed E-state index contributed by atoms with van der Waals surface area (Å²) < 4.78 is 0. The summed E-state index contributed by atoms with van der Waals surface area (Å²) in [6.45, 7) is 0. The monoisotopic (exact) mass is 341 g/mol. The van der Waals surface area contributed by atoms with E-state index in [9.17, 15) is 9.90 Å². The molecular formula is C21H15N3O2. The van der Waals surface area contributed by atoms with Crippen molar-refractivity contribution in [1.82, 2.24) is 9.97 Å². The van der Waals surface area contributed by atoms with Gasteiger partial charge >= 0.3 is 0 Å². The molecule has 0 atom stereocenters. The van der Waals surface area contributed by atoms with Gasteiger partial charge in [-0.1, -0.05) is 24.3 Å². The average Bonchev–Trinajstić information content (AvgIpc) is 2.69. The van der Waals surface area contributed by atoms with Gasteiger partial charge in [-0.15, -0.1) is 0 Å². The fourth-order valence-electron chi connectivity index (χ4n) is 2.75. The van der Waals surface area contributed by atoms with Crippen LogP contribution in [0.3, 0.4) is 0 Å². The first-order valence-corrected chi connectivity index (χ1v) is 8.12. The number of nitrogens with zero attached hydrogens (tertiary/aromatic N) is 2. The minimum Gasteiger partial charge on any atom is -0.508 e. The Hall–Kier alpha value is -3.73. The Morgan fingerprint density at radius 2 is 1.65 bits per heavy atom. The molecule has 5 nitrogen and oxygen atoms in total. The van der Waals surface area contributed by atoms with Gasteiger partial charge in [0.05, 0.1) is 22.5 Å². The van der Waals surface area contributed by atoms with Crippen molar-refractivity contribution in [1.29, 1.82) is 0 Å². The van der Waals surface area contributed by atoms with E-state index in [0.29, 0.717) is 22.6 Å². The third-order valence-corrected chi connectivity index (χ3v) is 4.01. The molecule has 4 aromatic rings. The first-order chi connectivity index (χ1) is 12.7. The van der Waals surface area contributed by atoms with E-state index in [1.54, 1.807) is 24.4 Å². The molecule has 0 fully saturated rings. The normalized spacial score (nSPS) is 10.6. The predicted molar refractivity (Wildman–Crippen MR) is 101 cm³/mol. The lowest BCUT2D eigenvalue weighted by Crippen LogP contribution is -2.13. The van der Waals surface area contributed by atoms with Crippen LogP contribution in [0.4, 0.5) is 5.69 Å². The van der Waals surface area contributed by atoms with Crippen LogP contribution in [0, 0.1) is 0 Å². The number of anilines is 1. The number of amides is 1. The van der Waals surface area contributed by atoms with Crippen LogP contribution in [-0.4, -0.2) is 21.0 Å². The van der Waals surface area contributed by atoms with Crippen LogP contribution < -0.4 is 5.32 Å². The maximum absolute atomic E-state index is 12.9. The molecule has 126 valence electrons. The fraction of sp³-hybridized carbons (Fsp3) is 0. The van der Waals surface area contributed by atoms with E-state index < -0.39 is 0 Å². The Bertz CT molecular complexity index is 1080. The lowest BCUT2D eigenvalue weighted by molar-refractivity contribution is 0.102. The average molecular weight is 341 g/mol. The highest BCUT2D eigenvalue weighted by Gasteiger charge is 2.14. The van der Waals surface area contributed by atoms with Gasteiger partial charge in [0, 0.05) is 17.3 Å². The molecule has 0 aliphatic carbocycles. The topological polar surface area (TPSA) is 75.1 Å². The molecule has 2 aromatic heterocycles. The number of aromatic hydroxyl groups is 1. The quantitative estimate of drug-likeness (QED) is 0.546. The molecule has 26 heavy (non-hydrogen) atoms. The zero-order chi connectivity index (χ0) is 17.9. The molecule has 2 N–H and O–H groups in total. The lowest BCUT2D eigenvalue weighted by atomic mass is 10.1. The van der Waals surface area contributed by atoms with Crippen LogP contribution in [0.25, 0.3) is 22.3 Å². The summed E-state index contributed by atoms with van der Waals surface area (Å²) in [5.74, 6) is -0.0960. The standard InChI is InChI=1S/C21H15N3O2/c25-15-10-8-14(9-11-15)23-21(26)17-13-20(19-7-3-4-12-22-19)24-18-6-2-1-5-16(17)18/h1-13,25H,(H,23,26). The molecule has 5 heteroatoms. The number of hydrogen-bond acceptors (Lipinski definition) is 4. The van der Waals surface area contributed by atoms with Crippen LogP contribution in [0.15, 0.2) is 79.0 Å². The van der Waals surface area contributed by atoms with Crippen molar-refractivity contribution in [2.75, 3.05) is 5.32 Å². The van der Waals surface area contributed by atoms with Crippen molar-refractivity contribution >= 4 is 22.5 Å². The van der Waals surface area contributed by atoms with E-state index in [1.807, 2.05) is 42.5 Å². The first kappa shape index (κ1) is 15.8. The zero-order valence-corrected chi connectivity index (χ0v) is 13.8. The third kappa shape index (κ3) is 3.10. The molecule has 0 saturated carbocycles. The number of fused-ring (bicyclic) bond motifs is 1. The summed E-state index contributed by atoms with van der Waals surface area (Å²) in [6.07, 6.45) is 1.70. The molecule has 0 aliphatic heterocycles. The second-order valence-electron chi connectivity index (χ2n) is 5.79. The van der Waals surface area contributed by atoms with Crippen molar-refractivity contribution in [2.45, 2.75) is 0 Å². The number of carbonyl (C=O) groups is 1. The summed E-state index contributed by atoms with van der Waals surface area (Å²) in [7, 11) is 0. The molecule has 1 amide bonds. The van der Waals surface area contributed by atoms with Crippen LogP contribution in [-0.2, 0) is 0 Å². The van der Waals surface area contributed by atoms with E-state index in [2.05, 4.69) is 15.3 Å². The van der Waals surface area contributed by atoms with Gasteiger partial charge in [-0.25, -0.2) is 4.98 Å². The van der Waals surface area contributed by atoms with Crippen LogP contribution in [0.2, 0.25) is 0 Å². The van der Waals surface area contributed by atoms with Crippen molar-refractivity contribution in [3.05, 3.63) is 84.6 Å². The van der Waals surface area contributed by atoms with Crippen molar-refractivity contribution in [2.24, 2.45) is 0 Å². The van der Waals surface area contributed by atoms with Crippen LogP contribution in [0.1, 0.15) is 10.4 Å². The smallest absolute Gasteiger partial charge is 0.256 e. The number of phenols is 1. The third-order valence-electron chi connectivity index (χ3n) is 4.01. The minimum atomic E-state index is -0.244. The van der Waals surface area contributed by atoms with Gasteiger partial charge in [0.25, 0.3) is 5.91 Å². The van der Waals surface area contributed by atoms with Gasteiger partial charge in [-0.05, 0) is 48.5 Å². The molecule has 0 unspecified atom stereocenters. The summed E-state index contributed by atoms with van der Waals surface area (Å²) in [5, 5.41) is 13.0. The lowest BCUT2D eigenvalue weighted by Gasteiger charge is -2.10. The Morgan fingerprint density at radius 3 is 2.42 bits per heavy atom. The maximum Gasteiger partial charge on any atom is 0.256 e. The van der Waals surface area contributed by atoms with E-state index in [-0.39, 0.29) is 11.7 Å². The SMILES string of the molecule is O=C(Nc1ccc(O)cc1)c1cc(-c2ccccn2)nc2ccccc12. The summed E-state index contributed by atoms with van der Waals surface area (Å²) >= 11 is 0. The molecule has 2 aromatic carbocycles.